The Hall–Kier alpha value is -1.22. The molecule has 0 fully saturated rings. The van der Waals surface area contributed by atoms with Gasteiger partial charge in [-0.1, -0.05) is 16.8 Å². The Bertz CT molecular complexity index is 282. The zero-order chi connectivity index (χ0) is 8.97. The van der Waals surface area contributed by atoms with Crippen LogP contribution in [0.4, 0.5) is 0 Å². The third-order valence-corrected chi connectivity index (χ3v) is 1.71. The molecule has 12 heavy (non-hydrogen) atoms. The smallest absolute Gasteiger partial charge is 0.175 e. The number of nitrogens with zero attached hydrogens (tertiary/aromatic N) is 1. The van der Waals surface area contributed by atoms with Gasteiger partial charge in [-0.25, -0.2) is 0 Å². The molecule has 0 unspecified atom stereocenters. The normalized spacial score (nSPS) is 11.3. The summed E-state index contributed by atoms with van der Waals surface area (Å²) in [4.78, 5) is 0. The van der Waals surface area contributed by atoms with Crippen LogP contribution in [0.3, 0.4) is 0 Å². The van der Waals surface area contributed by atoms with Crippen LogP contribution in [0.1, 0.15) is 5.56 Å². The number of methoxy groups -OCH3 is 1. The van der Waals surface area contributed by atoms with E-state index in [2.05, 4.69) is 5.16 Å². The largest absolute Gasteiger partial charge is 0.497 e. The number of hydrogen-bond acceptors (Lipinski definition) is 3. The maximum absolute atomic E-state index is 8.34. The first-order valence-electron chi connectivity index (χ1n) is 3.30. The van der Waals surface area contributed by atoms with Crippen molar-refractivity contribution in [3.63, 3.8) is 0 Å². The Kier molecular flexibility index (Phi) is 2.94. The standard InChI is InChI=1S/C8H8ClNO2/c1-12-7-4-2-6(3-5-7)8(9)10-11/h2-5,11H,1H3/b10-8+. The van der Waals surface area contributed by atoms with E-state index in [1.54, 1.807) is 31.4 Å². The molecule has 0 atom stereocenters. The summed E-state index contributed by atoms with van der Waals surface area (Å²) in [5.41, 5.74) is 0.653. The van der Waals surface area contributed by atoms with Crippen molar-refractivity contribution in [1.29, 1.82) is 0 Å². The Morgan fingerprint density at radius 3 is 2.42 bits per heavy atom. The molecule has 0 aromatic heterocycles. The van der Waals surface area contributed by atoms with Gasteiger partial charge in [-0.05, 0) is 24.3 Å². The van der Waals surface area contributed by atoms with Gasteiger partial charge in [0.1, 0.15) is 5.75 Å². The van der Waals surface area contributed by atoms with Crippen molar-refractivity contribution in [2.24, 2.45) is 5.16 Å². The van der Waals surface area contributed by atoms with Crippen LogP contribution in [-0.4, -0.2) is 17.5 Å². The van der Waals surface area contributed by atoms with E-state index in [0.717, 1.165) is 5.75 Å². The number of rotatable bonds is 2. The minimum atomic E-state index is 0.0673. The molecule has 0 amide bonds. The van der Waals surface area contributed by atoms with Crippen LogP contribution < -0.4 is 4.74 Å². The quantitative estimate of drug-likeness (QED) is 0.436. The third-order valence-electron chi connectivity index (χ3n) is 1.42. The minimum Gasteiger partial charge on any atom is -0.497 e. The van der Waals surface area contributed by atoms with Crippen LogP contribution in [0.2, 0.25) is 0 Å². The molecular weight excluding hydrogens is 178 g/mol. The number of hydrogen-bond donors (Lipinski definition) is 1. The van der Waals surface area contributed by atoms with E-state index >= 15 is 0 Å². The first kappa shape index (κ1) is 8.87. The second-order valence-electron chi connectivity index (χ2n) is 2.12. The highest BCUT2D eigenvalue weighted by Gasteiger charge is 1.99. The van der Waals surface area contributed by atoms with Crippen LogP contribution >= 0.6 is 11.6 Å². The van der Waals surface area contributed by atoms with E-state index in [1.165, 1.54) is 0 Å². The van der Waals surface area contributed by atoms with Crippen molar-refractivity contribution in [2.75, 3.05) is 7.11 Å². The van der Waals surface area contributed by atoms with Crippen LogP contribution in [0.25, 0.3) is 0 Å². The fourth-order valence-electron chi connectivity index (χ4n) is 0.786. The van der Waals surface area contributed by atoms with Gasteiger partial charge in [-0.2, -0.15) is 0 Å². The van der Waals surface area contributed by atoms with Gasteiger partial charge in [-0.15, -0.1) is 0 Å². The average Bonchev–Trinajstić information content (AvgIpc) is 2.17. The van der Waals surface area contributed by atoms with Crippen LogP contribution in [-0.2, 0) is 0 Å². The average molecular weight is 186 g/mol. The van der Waals surface area contributed by atoms with E-state index < -0.39 is 0 Å². The highest BCUT2D eigenvalue weighted by atomic mass is 35.5. The molecule has 4 heteroatoms. The van der Waals surface area contributed by atoms with Crippen LogP contribution in [0, 0.1) is 0 Å². The monoisotopic (exact) mass is 185 g/mol. The van der Waals surface area contributed by atoms with Crippen molar-refractivity contribution in [3.8, 4) is 5.75 Å². The molecule has 0 saturated heterocycles. The maximum Gasteiger partial charge on any atom is 0.175 e. The summed E-state index contributed by atoms with van der Waals surface area (Å²) >= 11 is 5.55. The van der Waals surface area contributed by atoms with E-state index in [9.17, 15) is 0 Å². The number of benzene rings is 1. The fraction of sp³-hybridized carbons (Fsp3) is 0.125. The molecular formula is C8H8ClNO2. The Labute approximate surface area is 75.2 Å². The van der Waals surface area contributed by atoms with Gasteiger partial charge in [0.05, 0.1) is 7.11 Å². The zero-order valence-electron chi connectivity index (χ0n) is 6.49. The summed E-state index contributed by atoms with van der Waals surface area (Å²) in [6, 6.07) is 6.90. The molecule has 0 radical (unpaired) electrons. The number of oxime groups is 1. The SMILES string of the molecule is COc1ccc(/C(Cl)=N\O)cc1. The molecule has 64 valence electrons. The topological polar surface area (TPSA) is 41.8 Å². The van der Waals surface area contributed by atoms with Crippen molar-refractivity contribution in [2.45, 2.75) is 0 Å². The molecule has 3 nitrogen and oxygen atoms in total. The first-order chi connectivity index (χ1) is 5.77. The fourth-order valence-corrected chi connectivity index (χ4v) is 0.912. The van der Waals surface area contributed by atoms with Gasteiger partial charge >= 0.3 is 0 Å². The lowest BCUT2D eigenvalue weighted by molar-refractivity contribution is 0.321. The molecule has 0 bridgehead atoms. The second kappa shape index (κ2) is 3.97. The summed E-state index contributed by atoms with van der Waals surface area (Å²) in [6.07, 6.45) is 0. The zero-order valence-corrected chi connectivity index (χ0v) is 7.25. The third kappa shape index (κ3) is 1.89. The molecule has 0 saturated carbocycles. The highest BCUT2D eigenvalue weighted by molar-refractivity contribution is 6.69. The van der Waals surface area contributed by atoms with Gasteiger partial charge in [0, 0.05) is 5.56 Å². The minimum absolute atomic E-state index is 0.0673. The van der Waals surface area contributed by atoms with Crippen LogP contribution in [0.5, 0.6) is 5.75 Å². The summed E-state index contributed by atoms with van der Waals surface area (Å²) in [6.45, 7) is 0. The number of halogens is 1. The second-order valence-corrected chi connectivity index (χ2v) is 2.48. The first-order valence-corrected chi connectivity index (χ1v) is 3.67. The lowest BCUT2D eigenvalue weighted by Crippen LogP contribution is -1.90. The van der Waals surface area contributed by atoms with Crippen molar-refractivity contribution < 1.29 is 9.94 Å². The van der Waals surface area contributed by atoms with Crippen molar-refractivity contribution in [1.82, 2.24) is 0 Å². The van der Waals surface area contributed by atoms with E-state index in [1.807, 2.05) is 0 Å². The van der Waals surface area contributed by atoms with Gasteiger partial charge < -0.3 is 9.94 Å². The molecule has 1 rings (SSSR count). The van der Waals surface area contributed by atoms with E-state index in [0.29, 0.717) is 5.56 Å². The molecule has 1 aromatic carbocycles. The van der Waals surface area contributed by atoms with Gasteiger partial charge in [0.25, 0.3) is 0 Å². The molecule has 0 aliphatic rings. The molecule has 1 N–H and O–H groups in total. The maximum atomic E-state index is 8.34. The van der Waals surface area contributed by atoms with E-state index in [-0.39, 0.29) is 5.17 Å². The predicted molar refractivity (Wildman–Crippen MR) is 47.2 cm³/mol. The van der Waals surface area contributed by atoms with Crippen LogP contribution in [0.15, 0.2) is 29.4 Å². The summed E-state index contributed by atoms with van der Waals surface area (Å²) in [7, 11) is 1.58. The van der Waals surface area contributed by atoms with Crippen molar-refractivity contribution >= 4 is 16.8 Å². The Morgan fingerprint density at radius 2 is 2.00 bits per heavy atom. The number of ether oxygens (including phenoxy) is 1. The molecule has 0 aliphatic heterocycles. The van der Waals surface area contributed by atoms with Gasteiger partial charge in [0.2, 0.25) is 0 Å². The van der Waals surface area contributed by atoms with Crippen molar-refractivity contribution in [3.05, 3.63) is 29.8 Å². The molecule has 0 heterocycles. The lowest BCUT2D eigenvalue weighted by atomic mass is 10.2. The summed E-state index contributed by atoms with van der Waals surface area (Å²) in [5.74, 6) is 0.737. The Balaban J connectivity index is 2.92. The van der Waals surface area contributed by atoms with Gasteiger partial charge in [0.15, 0.2) is 5.17 Å². The molecule has 0 spiro atoms. The van der Waals surface area contributed by atoms with Gasteiger partial charge in [-0.3, -0.25) is 0 Å². The Morgan fingerprint density at radius 1 is 1.42 bits per heavy atom. The van der Waals surface area contributed by atoms with E-state index in [4.69, 9.17) is 21.5 Å². The molecule has 0 aliphatic carbocycles. The lowest BCUT2D eigenvalue weighted by Gasteiger charge is -1.99. The highest BCUT2D eigenvalue weighted by Crippen LogP contribution is 2.12. The summed E-state index contributed by atoms with van der Waals surface area (Å²) in [5, 5.41) is 11.3. The summed E-state index contributed by atoms with van der Waals surface area (Å²) < 4.78 is 4.94. The predicted octanol–water partition coefficient (Wildman–Crippen LogP) is 2.07. The molecule has 1 aromatic rings.